The minimum atomic E-state index is -0.159. The Bertz CT molecular complexity index is 909. The molecule has 1 heterocycles. The minimum Gasteiger partial charge on any atom is -0.495 e. The topological polar surface area (TPSA) is 63.2 Å². The Labute approximate surface area is 165 Å². The number of anilines is 2. The van der Waals surface area contributed by atoms with Gasteiger partial charge in [0.15, 0.2) is 0 Å². The van der Waals surface area contributed by atoms with E-state index in [2.05, 4.69) is 27.8 Å². The van der Waals surface area contributed by atoms with Crippen LogP contribution >= 0.6 is 0 Å². The molecule has 0 aliphatic carbocycles. The van der Waals surface area contributed by atoms with Crippen LogP contribution in [0.3, 0.4) is 0 Å². The van der Waals surface area contributed by atoms with E-state index in [-0.39, 0.29) is 5.91 Å². The Balaban J connectivity index is 1.52. The molecule has 28 heavy (non-hydrogen) atoms. The highest BCUT2D eigenvalue weighted by Gasteiger charge is 2.08. The Hall–Kier alpha value is -3.34. The summed E-state index contributed by atoms with van der Waals surface area (Å²) in [6.07, 6.45) is 3.49. The van der Waals surface area contributed by atoms with Gasteiger partial charge in [-0.1, -0.05) is 36.4 Å². The first-order chi connectivity index (χ1) is 13.7. The molecule has 1 amide bonds. The van der Waals surface area contributed by atoms with Gasteiger partial charge in [-0.25, -0.2) is 4.98 Å². The molecule has 0 bridgehead atoms. The highest BCUT2D eigenvalue weighted by molar-refractivity contribution is 5.92. The van der Waals surface area contributed by atoms with E-state index in [1.165, 1.54) is 5.56 Å². The summed E-state index contributed by atoms with van der Waals surface area (Å²) in [6.45, 7) is 2.64. The van der Waals surface area contributed by atoms with Gasteiger partial charge in [-0.05, 0) is 55.2 Å². The molecule has 0 atom stereocenters. The molecule has 5 nitrogen and oxygen atoms in total. The van der Waals surface area contributed by atoms with Gasteiger partial charge in [0.1, 0.15) is 11.4 Å². The average Bonchev–Trinajstić information content (AvgIpc) is 2.72. The molecule has 0 saturated heterocycles. The summed E-state index contributed by atoms with van der Waals surface area (Å²) in [6, 6.07) is 19.7. The van der Waals surface area contributed by atoms with Crippen molar-refractivity contribution in [3.63, 3.8) is 0 Å². The maximum Gasteiger partial charge on any atom is 0.269 e. The van der Waals surface area contributed by atoms with Crippen LogP contribution in [0.25, 0.3) is 0 Å². The van der Waals surface area contributed by atoms with Crippen molar-refractivity contribution in [2.24, 2.45) is 0 Å². The highest BCUT2D eigenvalue weighted by Crippen LogP contribution is 2.28. The van der Waals surface area contributed by atoms with E-state index in [1.54, 1.807) is 19.4 Å². The van der Waals surface area contributed by atoms with E-state index >= 15 is 0 Å². The van der Waals surface area contributed by atoms with Gasteiger partial charge in [-0.2, -0.15) is 0 Å². The van der Waals surface area contributed by atoms with Crippen LogP contribution in [-0.2, 0) is 6.42 Å². The van der Waals surface area contributed by atoms with E-state index < -0.39 is 0 Å². The largest absolute Gasteiger partial charge is 0.495 e. The van der Waals surface area contributed by atoms with Crippen molar-refractivity contribution in [1.82, 2.24) is 10.3 Å². The molecular formula is C23H25N3O2. The Morgan fingerprint density at radius 2 is 1.89 bits per heavy atom. The van der Waals surface area contributed by atoms with Crippen LogP contribution < -0.4 is 15.4 Å². The lowest BCUT2D eigenvalue weighted by Gasteiger charge is -2.12. The maximum absolute atomic E-state index is 12.3. The zero-order valence-corrected chi connectivity index (χ0v) is 16.2. The summed E-state index contributed by atoms with van der Waals surface area (Å²) in [4.78, 5) is 16.5. The maximum atomic E-state index is 12.3. The monoisotopic (exact) mass is 375 g/mol. The lowest BCUT2D eigenvalue weighted by Crippen LogP contribution is -2.25. The van der Waals surface area contributed by atoms with Crippen molar-refractivity contribution < 1.29 is 9.53 Å². The average molecular weight is 375 g/mol. The van der Waals surface area contributed by atoms with Crippen molar-refractivity contribution >= 4 is 17.3 Å². The number of rotatable bonds is 8. The molecule has 0 aliphatic heterocycles. The van der Waals surface area contributed by atoms with Crippen LogP contribution in [0.5, 0.6) is 5.75 Å². The van der Waals surface area contributed by atoms with E-state index in [0.717, 1.165) is 35.5 Å². The number of benzene rings is 2. The van der Waals surface area contributed by atoms with Crippen LogP contribution in [0.15, 0.2) is 66.9 Å². The molecule has 144 valence electrons. The zero-order valence-electron chi connectivity index (χ0n) is 16.2. The standard InChI is InChI=1S/C23H25N3O2/c1-17-10-13-22(28-2)21(15-17)26-19-11-12-20(25-16-19)23(27)24-14-6-9-18-7-4-3-5-8-18/h3-5,7-8,10-13,15-16,26H,6,9,14H2,1-2H3,(H,24,27). The van der Waals surface area contributed by atoms with Crippen LogP contribution in [0.1, 0.15) is 28.0 Å². The summed E-state index contributed by atoms with van der Waals surface area (Å²) in [5.41, 5.74) is 4.47. The van der Waals surface area contributed by atoms with Gasteiger partial charge < -0.3 is 15.4 Å². The van der Waals surface area contributed by atoms with Crippen LogP contribution in [0, 0.1) is 6.92 Å². The Kier molecular flexibility index (Phi) is 6.63. The summed E-state index contributed by atoms with van der Waals surface area (Å²) in [5, 5.41) is 6.20. The van der Waals surface area contributed by atoms with Crippen molar-refractivity contribution in [1.29, 1.82) is 0 Å². The van der Waals surface area contributed by atoms with Crippen molar-refractivity contribution in [3.05, 3.63) is 83.7 Å². The number of pyridine rings is 1. The quantitative estimate of drug-likeness (QED) is 0.569. The molecule has 1 aromatic heterocycles. The van der Waals surface area contributed by atoms with Crippen LogP contribution in [-0.4, -0.2) is 24.5 Å². The number of methoxy groups -OCH3 is 1. The number of nitrogens with one attached hydrogen (secondary N) is 2. The number of carbonyl (C=O) groups is 1. The minimum absolute atomic E-state index is 0.159. The van der Waals surface area contributed by atoms with Gasteiger partial charge in [-0.3, -0.25) is 4.79 Å². The van der Waals surface area contributed by atoms with E-state index in [1.807, 2.05) is 49.4 Å². The van der Waals surface area contributed by atoms with Gasteiger partial charge in [0, 0.05) is 6.54 Å². The molecule has 0 unspecified atom stereocenters. The number of aromatic nitrogens is 1. The molecule has 0 spiro atoms. The summed E-state index contributed by atoms with van der Waals surface area (Å²) in [7, 11) is 1.64. The molecule has 3 aromatic rings. The van der Waals surface area contributed by atoms with Gasteiger partial charge in [0.25, 0.3) is 5.91 Å². The van der Waals surface area contributed by atoms with Crippen molar-refractivity contribution in [2.45, 2.75) is 19.8 Å². The Morgan fingerprint density at radius 3 is 2.61 bits per heavy atom. The van der Waals surface area contributed by atoms with E-state index in [0.29, 0.717) is 12.2 Å². The number of hydrogen-bond acceptors (Lipinski definition) is 4. The molecule has 0 radical (unpaired) electrons. The lowest BCUT2D eigenvalue weighted by atomic mass is 10.1. The third kappa shape index (κ3) is 5.33. The molecule has 5 heteroatoms. The second-order valence-corrected chi connectivity index (χ2v) is 6.61. The van der Waals surface area contributed by atoms with Crippen LogP contribution in [0.4, 0.5) is 11.4 Å². The number of amides is 1. The molecular weight excluding hydrogens is 350 g/mol. The van der Waals surface area contributed by atoms with Gasteiger partial charge in [0.2, 0.25) is 0 Å². The number of hydrogen-bond donors (Lipinski definition) is 2. The first kappa shape index (κ1) is 19.4. The predicted octanol–water partition coefficient (Wildman–Crippen LogP) is 4.50. The van der Waals surface area contributed by atoms with Crippen molar-refractivity contribution in [2.75, 3.05) is 19.0 Å². The van der Waals surface area contributed by atoms with Gasteiger partial charge in [0.05, 0.1) is 24.7 Å². The molecule has 0 fully saturated rings. The SMILES string of the molecule is COc1ccc(C)cc1Nc1ccc(C(=O)NCCCc2ccccc2)nc1. The summed E-state index contributed by atoms with van der Waals surface area (Å²) >= 11 is 0. The summed E-state index contributed by atoms with van der Waals surface area (Å²) < 4.78 is 5.37. The second kappa shape index (κ2) is 9.55. The first-order valence-corrected chi connectivity index (χ1v) is 9.35. The third-order valence-electron chi connectivity index (χ3n) is 4.40. The fourth-order valence-electron chi connectivity index (χ4n) is 2.91. The van der Waals surface area contributed by atoms with Crippen molar-refractivity contribution in [3.8, 4) is 5.75 Å². The normalized spacial score (nSPS) is 10.4. The smallest absolute Gasteiger partial charge is 0.269 e. The van der Waals surface area contributed by atoms with Gasteiger partial charge >= 0.3 is 0 Å². The second-order valence-electron chi connectivity index (χ2n) is 6.61. The number of carbonyl (C=O) groups excluding carboxylic acids is 1. The molecule has 2 aromatic carbocycles. The molecule has 2 N–H and O–H groups in total. The third-order valence-corrected chi connectivity index (χ3v) is 4.40. The molecule has 0 aliphatic rings. The molecule has 3 rings (SSSR count). The molecule has 0 saturated carbocycles. The fourth-order valence-corrected chi connectivity index (χ4v) is 2.91. The number of nitrogens with zero attached hydrogens (tertiary/aromatic N) is 1. The Morgan fingerprint density at radius 1 is 1.07 bits per heavy atom. The van der Waals surface area contributed by atoms with Crippen LogP contribution in [0.2, 0.25) is 0 Å². The fraction of sp³-hybridized carbons (Fsp3) is 0.217. The number of aryl methyl sites for hydroxylation is 2. The summed E-state index contributed by atoms with van der Waals surface area (Å²) in [5.74, 6) is 0.596. The van der Waals surface area contributed by atoms with E-state index in [4.69, 9.17) is 4.74 Å². The zero-order chi connectivity index (χ0) is 19.8. The number of ether oxygens (including phenoxy) is 1. The van der Waals surface area contributed by atoms with E-state index in [9.17, 15) is 4.79 Å². The predicted molar refractivity (Wildman–Crippen MR) is 112 cm³/mol. The first-order valence-electron chi connectivity index (χ1n) is 9.35. The highest BCUT2D eigenvalue weighted by atomic mass is 16.5. The lowest BCUT2D eigenvalue weighted by molar-refractivity contribution is 0.0948. The van der Waals surface area contributed by atoms with Gasteiger partial charge in [-0.15, -0.1) is 0 Å².